The van der Waals surface area contributed by atoms with Crippen molar-refractivity contribution in [3.8, 4) is 0 Å². The molecular weight excluding hydrogens is 365 g/mol. The Labute approximate surface area is 145 Å². The molecule has 2 aromatic carbocycles. The van der Waals surface area contributed by atoms with Gasteiger partial charge in [0.15, 0.2) is 11.4 Å². The lowest BCUT2D eigenvalue weighted by molar-refractivity contribution is 0.102. The van der Waals surface area contributed by atoms with E-state index in [9.17, 15) is 4.79 Å². The number of halogens is 3. The van der Waals surface area contributed by atoms with Crippen molar-refractivity contribution in [2.45, 2.75) is 5.22 Å². The minimum Gasteiger partial charge on any atom is -0.431 e. The van der Waals surface area contributed by atoms with Crippen molar-refractivity contribution in [2.24, 2.45) is 0 Å². The highest BCUT2D eigenvalue weighted by Gasteiger charge is 2.14. The second-order valence-electron chi connectivity index (χ2n) is 4.43. The summed E-state index contributed by atoms with van der Waals surface area (Å²) in [6.07, 6.45) is 0. The summed E-state index contributed by atoms with van der Waals surface area (Å²) in [4.78, 5) is 16.5. The van der Waals surface area contributed by atoms with Gasteiger partial charge >= 0.3 is 0 Å². The number of aromatic nitrogens is 1. The third-order valence-electron chi connectivity index (χ3n) is 2.89. The van der Waals surface area contributed by atoms with Gasteiger partial charge in [-0.3, -0.25) is 4.79 Å². The lowest BCUT2D eigenvalue weighted by Gasteiger charge is -2.02. The third-order valence-corrected chi connectivity index (χ3v) is 4.51. The number of rotatable bonds is 4. The van der Waals surface area contributed by atoms with Crippen molar-refractivity contribution < 1.29 is 9.21 Å². The predicted molar refractivity (Wildman–Crippen MR) is 90.5 cm³/mol. The maximum atomic E-state index is 12.2. The number of benzene rings is 2. The van der Waals surface area contributed by atoms with Crippen molar-refractivity contribution in [1.82, 2.24) is 4.98 Å². The fraction of sp³-hybridized carbons (Fsp3) is 0.0667. The van der Waals surface area contributed by atoms with Crippen LogP contribution in [-0.4, -0.2) is 16.5 Å². The maximum Gasteiger partial charge on any atom is 0.257 e. The average Bonchev–Trinajstić information content (AvgIpc) is 2.89. The van der Waals surface area contributed by atoms with Gasteiger partial charge in [0.2, 0.25) is 0 Å². The summed E-state index contributed by atoms with van der Waals surface area (Å²) in [7, 11) is 0. The molecular formula is C15H8Cl3NO2S. The van der Waals surface area contributed by atoms with E-state index < -0.39 is 0 Å². The van der Waals surface area contributed by atoms with Gasteiger partial charge in [-0.1, -0.05) is 46.6 Å². The molecule has 0 spiro atoms. The first-order chi connectivity index (χ1) is 10.5. The number of ketones is 1. The Bertz CT molecular complexity index is 863. The van der Waals surface area contributed by atoms with Crippen LogP contribution in [0.15, 0.2) is 46.0 Å². The Hall–Kier alpha value is -1.20. The zero-order valence-electron chi connectivity index (χ0n) is 11.0. The molecule has 0 saturated carbocycles. The second kappa shape index (κ2) is 6.50. The molecule has 7 heteroatoms. The van der Waals surface area contributed by atoms with Crippen molar-refractivity contribution in [3.63, 3.8) is 0 Å². The SMILES string of the molecule is O=C(CSc1nc2cc(Cl)ccc2o1)c1cc(Cl)ccc1Cl. The molecule has 0 N–H and O–H groups in total. The molecule has 112 valence electrons. The number of oxazole rings is 1. The van der Waals surface area contributed by atoms with E-state index in [2.05, 4.69) is 4.98 Å². The number of fused-ring (bicyclic) bond motifs is 1. The summed E-state index contributed by atoms with van der Waals surface area (Å²) in [5.74, 6) is 0.0125. The first kappa shape index (κ1) is 15.7. The summed E-state index contributed by atoms with van der Waals surface area (Å²) >= 11 is 19.0. The summed E-state index contributed by atoms with van der Waals surface area (Å²) in [6, 6.07) is 9.96. The van der Waals surface area contributed by atoms with E-state index >= 15 is 0 Å². The Morgan fingerprint density at radius 1 is 1.09 bits per heavy atom. The van der Waals surface area contributed by atoms with Gasteiger partial charge in [-0.05, 0) is 36.4 Å². The minimum atomic E-state index is -0.141. The average molecular weight is 373 g/mol. The fourth-order valence-corrected chi connectivity index (χ4v) is 3.14. The number of carbonyl (C=O) groups is 1. The number of hydrogen-bond acceptors (Lipinski definition) is 4. The molecule has 1 aromatic heterocycles. The number of carbonyl (C=O) groups excluding carboxylic acids is 1. The zero-order valence-corrected chi connectivity index (χ0v) is 14.1. The zero-order chi connectivity index (χ0) is 15.7. The summed E-state index contributed by atoms with van der Waals surface area (Å²) < 4.78 is 5.55. The molecule has 0 aliphatic rings. The molecule has 0 aliphatic heterocycles. The van der Waals surface area contributed by atoms with Gasteiger partial charge in [0.25, 0.3) is 5.22 Å². The standard InChI is InChI=1S/C15H8Cl3NO2S/c16-8-1-3-11(18)10(5-8)13(20)7-22-15-19-12-6-9(17)2-4-14(12)21-15/h1-6H,7H2. The molecule has 0 fully saturated rings. The minimum absolute atomic E-state index is 0.141. The van der Waals surface area contributed by atoms with E-state index in [1.165, 1.54) is 11.8 Å². The van der Waals surface area contributed by atoms with Gasteiger partial charge in [-0.2, -0.15) is 0 Å². The first-order valence-electron chi connectivity index (χ1n) is 6.20. The highest BCUT2D eigenvalue weighted by atomic mass is 35.5. The Balaban J connectivity index is 1.75. The van der Waals surface area contributed by atoms with Crippen LogP contribution >= 0.6 is 46.6 Å². The van der Waals surface area contributed by atoms with Gasteiger partial charge < -0.3 is 4.42 Å². The smallest absolute Gasteiger partial charge is 0.257 e. The van der Waals surface area contributed by atoms with Crippen LogP contribution in [0.25, 0.3) is 11.1 Å². The molecule has 0 atom stereocenters. The fourth-order valence-electron chi connectivity index (χ4n) is 1.86. The number of Topliss-reactive ketones (excluding diaryl/α,β-unsaturated/α-hetero) is 1. The highest BCUT2D eigenvalue weighted by molar-refractivity contribution is 7.99. The molecule has 0 unspecified atom stereocenters. The quantitative estimate of drug-likeness (QED) is 0.431. The number of hydrogen-bond donors (Lipinski definition) is 0. The van der Waals surface area contributed by atoms with E-state index in [0.717, 1.165) is 0 Å². The molecule has 0 aliphatic carbocycles. The van der Waals surface area contributed by atoms with E-state index in [-0.39, 0.29) is 11.5 Å². The van der Waals surface area contributed by atoms with Crippen LogP contribution in [0.1, 0.15) is 10.4 Å². The lowest BCUT2D eigenvalue weighted by atomic mass is 10.1. The van der Waals surface area contributed by atoms with E-state index in [1.807, 2.05) is 0 Å². The molecule has 0 saturated heterocycles. The molecule has 3 nitrogen and oxygen atoms in total. The van der Waals surface area contributed by atoms with Crippen LogP contribution < -0.4 is 0 Å². The summed E-state index contributed by atoms with van der Waals surface area (Å²) in [5, 5.41) is 1.83. The number of thioether (sulfide) groups is 1. The van der Waals surface area contributed by atoms with E-state index in [0.29, 0.717) is 37.0 Å². The van der Waals surface area contributed by atoms with Crippen molar-refractivity contribution in [1.29, 1.82) is 0 Å². The second-order valence-corrected chi connectivity index (χ2v) is 6.63. The van der Waals surface area contributed by atoms with E-state index in [4.69, 9.17) is 39.2 Å². The molecule has 3 rings (SSSR count). The van der Waals surface area contributed by atoms with Gasteiger partial charge in [-0.25, -0.2) is 4.98 Å². The molecule has 22 heavy (non-hydrogen) atoms. The van der Waals surface area contributed by atoms with Gasteiger partial charge in [0.1, 0.15) is 5.52 Å². The monoisotopic (exact) mass is 371 g/mol. The van der Waals surface area contributed by atoms with Crippen LogP contribution in [0.5, 0.6) is 0 Å². The molecule has 0 radical (unpaired) electrons. The van der Waals surface area contributed by atoms with Gasteiger partial charge in [0.05, 0.1) is 10.8 Å². The lowest BCUT2D eigenvalue weighted by Crippen LogP contribution is -2.03. The molecule has 3 aromatic rings. The normalized spacial score (nSPS) is 11.0. The van der Waals surface area contributed by atoms with Crippen LogP contribution in [0.2, 0.25) is 15.1 Å². The van der Waals surface area contributed by atoms with Crippen LogP contribution in [0.4, 0.5) is 0 Å². The Kier molecular flexibility index (Phi) is 4.64. The molecule has 1 heterocycles. The predicted octanol–water partition coefficient (Wildman–Crippen LogP) is 5.76. The van der Waals surface area contributed by atoms with Crippen molar-refractivity contribution in [2.75, 3.05) is 5.75 Å². The van der Waals surface area contributed by atoms with E-state index in [1.54, 1.807) is 36.4 Å². The van der Waals surface area contributed by atoms with Crippen molar-refractivity contribution in [3.05, 3.63) is 57.0 Å². The Morgan fingerprint density at radius 3 is 2.64 bits per heavy atom. The van der Waals surface area contributed by atoms with Crippen LogP contribution in [-0.2, 0) is 0 Å². The number of nitrogens with zero attached hydrogens (tertiary/aromatic N) is 1. The van der Waals surface area contributed by atoms with Crippen LogP contribution in [0.3, 0.4) is 0 Å². The first-order valence-corrected chi connectivity index (χ1v) is 8.32. The van der Waals surface area contributed by atoms with Crippen molar-refractivity contribution >= 4 is 63.4 Å². The maximum absolute atomic E-state index is 12.2. The summed E-state index contributed by atoms with van der Waals surface area (Å²) in [5.41, 5.74) is 1.67. The summed E-state index contributed by atoms with van der Waals surface area (Å²) in [6.45, 7) is 0. The topological polar surface area (TPSA) is 43.1 Å². The Morgan fingerprint density at radius 2 is 1.82 bits per heavy atom. The molecule has 0 amide bonds. The van der Waals surface area contributed by atoms with Crippen LogP contribution in [0, 0.1) is 0 Å². The largest absolute Gasteiger partial charge is 0.431 e. The third kappa shape index (κ3) is 3.41. The van der Waals surface area contributed by atoms with Gasteiger partial charge in [-0.15, -0.1) is 0 Å². The highest BCUT2D eigenvalue weighted by Crippen LogP contribution is 2.27. The molecule has 0 bridgehead atoms. The van der Waals surface area contributed by atoms with Gasteiger partial charge in [0, 0.05) is 15.6 Å².